The molecule has 1 aromatic rings. The van der Waals surface area contributed by atoms with E-state index in [0.29, 0.717) is 19.0 Å². The Morgan fingerprint density at radius 3 is 2.61 bits per heavy atom. The van der Waals surface area contributed by atoms with Gasteiger partial charge in [0.05, 0.1) is 5.56 Å². The van der Waals surface area contributed by atoms with Crippen molar-refractivity contribution < 1.29 is 22.7 Å². The molecule has 0 radical (unpaired) electrons. The zero-order valence-electron chi connectivity index (χ0n) is 9.39. The SMILES string of the molecule is NCCCNS(=O)(=O)c1ccc(C(=O)O)cc1F. The molecule has 0 aliphatic rings. The van der Waals surface area contributed by atoms with Crippen LogP contribution in [0, 0.1) is 5.82 Å². The summed E-state index contributed by atoms with van der Waals surface area (Å²) in [4.78, 5) is 10.0. The Hall–Kier alpha value is -1.51. The Labute approximate surface area is 104 Å². The first-order chi connectivity index (χ1) is 8.38. The lowest BCUT2D eigenvalue weighted by Crippen LogP contribution is -2.27. The number of nitrogens with one attached hydrogen (secondary N) is 1. The minimum absolute atomic E-state index is 0.0962. The molecule has 0 amide bonds. The van der Waals surface area contributed by atoms with Crippen LogP contribution in [0.4, 0.5) is 4.39 Å². The van der Waals surface area contributed by atoms with Crippen LogP contribution < -0.4 is 10.5 Å². The van der Waals surface area contributed by atoms with Crippen molar-refractivity contribution in [1.29, 1.82) is 0 Å². The van der Waals surface area contributed by atoms with Gasteiger partial charge < -0.3 is 10.8 Å². The lowest BCUT2D eigenvalue weighted by Gasteiger charge is -2.07. The molecular weight excluding hydrogens is 263 g/mol. The summed E-state index contributed by atoms with van der Waals surface area (Å²) in [5.41, 5.74) is 4.89. The molecule has 18 heavy (non-hydrogen) atoms. The van der Waals surface area contributed by atoms with E-state index in [4.69, 9.17) is 10.8 Å². The zero-order valence-corrected chi connectivity index (χ0v) is 10.2. The van der Waals surface area contributed by atoms with Gasteiger partial charge in [0.15, 0.2) is 0 Å². The summed E-state index contributed by atoms with van der Waals surface area (Å²) < 4.78 is 39.0. The van der Waals surface area contributed by atoms with Gasteiger partial charge in [-0.3, -0.25) is 0 Å². The Bertz CT molecular complexity index is 545. The average Bonchev–Trinajstić information content (AvgIpc) is 2.28. The third kappa shape index (κ3) is 3.49. The summed E-state index contributed by atoms with van der Waals surface area (Å²) in [5.74, 6) is -2.43. The molecule has 0 aromatic heterocycles. The topological polar surface area (TPSA) is 109 Å². The fraction of sp³-hybridized carbons (Fsp3) is 0.300. The fourth-order valence-corrected chi connectivity index (χ4v) is 2.37. The molecule has 0 aliphatic heterocycles. The average molecular weight is 276 g/mol. The van der Waals surface area contributed by atoms with Gasteiger partial charge in [-0.05, 0) is 31.2 Å². The standard InChI is InChI=1S/C10H13FN2O4S/c11-8-6-7(10(14)15)2-3-9(8)18(16,17)13-5-1-4-12/h2-3,6,13H,1,4-5,12H2,(H,14,15). The number of rotatable bonds is 6. The van der Waals surface area contributed by atoms with Crippen molar-refractivity contribution in [2.24, 2.45) is 5.73 Å². The maximum Gasteiger partial charge on any atom is 0.335 e. The Morgan fingerprint density at radius 2 is 2.11 bits per heavy atom. The molecule has 0 saturated heterocycles. The van der Waals surface area contributed by atoms with E-state index in [-0.39, 0.29) is 12.1 Å². The van der Waals surface area contributed by atoms with Gasteiger partial charge in [-0.1, -0.05) is 0 Å². The molecule has 100 valence electrons. The first-order valence-corrected chi connectivity index (χ1v) is 6.59. The number of hydrogen-bond acceptors (Lipinski definition) is 4. The van der Waals surface area contributed by atoms with Crippen molar-refractivity contribution in [3.63, 3.8) is 0 Å². The van der Waals surface area contributed by atoms with Crippen LogP contribution in [-0.2, 0) is 10.0 Å². The predicted octanol–water partition coefficient (Wildman–Crippen LogP) is 0.151. The predicted molar refractivity (Wildman–Crippen MR) is 62.2 cm³/mol. The number of carbonyl (C=O) groups is 1. The highest BCUT2D eigenvalue weighted by Gasteiger charge is 2.19. The van der Waals surface area contributed by atoms with Crippen molar-refractivity contribution in [1.82, 2.24) is 4.72 Å². The Kier molecular flexibility index (Phi) is 4.76. The number of aromatic carboxylic acids is 1. The van der Waals surface area contributed by atoms with Gasteiger partial charge in [0.25, 0.3) is 0 Å². The molecule has 0 fully saturated rings. The molecule has 0 saturated carbocycles. The third-order valence-electron chi connectivity index (χ3n) is 2.14. The molecular formula is C10H13FN2O4S. The molecule has 1 rings (SSSR count). The van der Waals surface area contributed by atoms with Crippen molar-refractivity contribution in [3.8, 4) is 0 Å². The summed E-state index contributed by atoms with van der Waals surface area (Å²) in [7, 11) is -3.98. The van der Waals surface area contributed by atoms with Gasteiger partial charge in [0.2, 0.25) is 10.0 Å². The van der Waals surface area contributed by atoms with E-state index in [1.165, 1.54) is 0 Å². The third-order valence-corrected chi connectivity index (χ3v) is 3.64. The highest BCUT2D eigenvalue weighted by Crippen LogP contribution is 2.16. The van der Waals surface area contributed by atoms with E-state index in [0.717, 1.165) is 12.1 Å². The lowest BCUT2D eigenvalue weighted by molar-refractivity contribution is 0.0696. The maximum absolute atomic E-state index is 13.5. The highest BCUT2D eigenvalue weighted by atomic mass is 32.2. The molecule has 0 spiro atoms. The van der Waals surface area contributed by atoms with Crippen molar-refractivity contribution in [3.05, 3.63) is 29.6 Å². The van der Waals surface area contributed by atoms with Crippen molar-refractivity contribution >= 4 is 16.0 Å². The van der Waals surface area contributed by atoms with E-state index >= 15 is 0 Å². The zero-order chi connectivity index (χ0) is 13.8. The lowest BCUT2D eigenvalue weighted by atomic mass is 10.2. The molecule has 8 heteroatoms. The number of benzene rings is 1. The number of nitrogens with two attached hydrogens (primary N) is 1. The number of carboxylic acids is 1. The second-order valence-corrected chi connectivity index (χ2v) is 5.23. The second-order valence-electron chi connectivity index (χ2n) is 3.49. The minimum Gasteiger partial charge on any atom is -0.478 e. The first-order valence-electron chi connectivity index (χ1n) is 5.11. The highest BCUT2D eigenvalue weighted by molar-refractivity contribution is 7.89. The molecule has 0 bridgehead atoms. The van der Waals surface area contributed by atoms with Crippen LogP contribution in [0.3, 0.4) is 0 Å². The molecule has 0 heterocycles. The van der Waals surface area contributed by atoms with Crippen LogP contribution in [-0.4, -0.2) is 32.6 Å². The molecule has 0 unspecified atom stereocenters. The van der Waals surface area contributed by atoms with Crippen LogP contribution >= 0.6 is 0 Å². The van der Waals surface area contributed by atoms with Crippen LogP contribution in [0.5, 0.6) is 0 Å². The normalized spacial score (nSPS) is 11.4. The molecule has 6 nitrogen and oxygen atoms in total. The first kappa shape index (κ1) is 14.6. The molecule has 0 atom stereocenters. The summed E-state index contributed by atoms with van der Waals surface area (Å²) in [6, 6.07) is 2.62. The number of sulfonamides is 1. The number of carboxylic acid groups (broad SMARTS) is 1. The summed E-state index contributed by atoms with van der Waals surface area (Å²) in [6.45, 7) is 0.405. The van der Waals surface area contributed by atoms with E-state index in [1.54, 1.807) is 0 Å². The quantitative estimate of drug-likeness (QED) is 0.641. The minimum atomic E-state index is -3.98. The van der Waals surface area contributed by atoms with E-state index in [2.05, 4.69) is 4.72 Å². The van der Waals surface area contributed by atoms with Gasteiger partial charge in [-0.2, -0.15) is 0 Å². The van der Waals surface area contributed by atoms with E-state index < -0.39 is 26.7 Å². The molecule has 0 aliphatic carbocycles. The largest absolute Gasteiger partial charge is 0.478 e. The van der Waals surface area contributed by atoms with Crippen LogP contribution in [0.2, 0.25) is 0 Å². The Balaban J connectivity index is 2.99. The monoisotopic (exact) mass is 276 g/mol. The fourth-order valence-electron chi connectivity index (χ4n) is 1.24. The maximum atomic E-state index is 13.5. The second kappa shape index (κ2) is 5.89. The van der Waals surface area contributed by atoms with Gasteiger partial charge in [0, 0.05) is 6.54 Å². The summed E-state index contributed by atoms with van der Waals surface area (Å²) >= 11 is 0. The van der Waals surface area contributed by atoms with Crippen LogP contribution in [0.25, 0.3) is 0 Å². The number of halogens is 1. The molecule has 4 N–H and O–H groups in total. The smallest absolute Gasteiger partial charge is 0.335 e. The number of hydrogen-bond donors (Lipinski definition) is 3. The summed E-state index contributed by atoms with van der Waals surface area (Å²) in [6.07, 6.45) is 0.425. The van der Waals surface area contributed by atoms with Gasteiger partial charge in [-0.25, -0.2) is 22.3 Å². The van der Waals surface area contributed by atoms with E-state index in [9.17, 15) is 17.6 Å². The molecule has 1 aromatic carbocycles. The van der Waals surface area contributed by atoms with Crippen LogP contribution in [0.15, 0.2) is 23.1 Å². The van der Waals surface area contributed by atoms with Gasteiger partial charge in [-0.15, -0.1) is 0 Å². The van der Waals surface area contributed by atoms with Crippen molar-refractivity contribution in [2.45, 2.75) is 11.3 Å². The van der Waals surface area contributed by atoms with E-state index in [1.807, 2.05) is 0 Å². The summed E-state index contributed by atoms with van der Waals surface area (Å²) in [5, 5.41) is 8.63. The van der Waals surface area contributed by atoms with Crippen LogP contribution in [0.1, 0.15) is 16.8 Å². The Morgan fingerprint density at radius 1 is 1.44 bits per heavy atom. The van der Waals surface area contributed by atoms with Crippen molar-refractivity contribution in [2.75, 3.05) is 13.1 Å². The van der Waals surface area contributed by atoms with Gasteiger partial charge >= 0.3 is 5.97 Å². The van der Waals surface area contributed by atoms with Gasteiger partial charge in [0.1, 0.15) is 10.7 Å².